The lowest BCUT2D eigenvalue weighted by Gasteiger charge is -2.13. The van der Waals surface area contributed by atoms with Crippen molar-refractivity contribution < 1.29 is 8.42 Å². The summed E-state index contributed by atoms with van der Waals surface area (Å²) in [6.45, 7) is 7.71. The molecule has 0 radical (unpaired) electrons. The van der Waals surface area contributed by atoms with Gasteiger partial charge in [0.2, 0.25) is 0 Å². The topological polar surface area (TPSA) is 71.1 Å². The van der Waals surface area contributed by atoms with Crippen LogP contribution >= 0.6 is 0 Å². The summed E-state index contributed by atoms with van der Waals surface area (Å²) < 4.78 is 28.0. The largest absolute Gasteiger partial charge is 0.340 e. The first kappa shape index (κ1) is 18.9. The van der Waals surface area contributed by atoms with E-state index in [1.807, 2.05) is 45.0 Å². The maximum absolute atomic E-state index is 12.7. The van der Waals surface area contributed by atoms with Gasteiger partial charge in [0.15, 0.2) is 0 Å². The number of hydrogen-bond donors (Lipinski definition) is 2. The molecule has 0 aliphatic carbocycles. The summed E-state index contributed by atoms with van der Waals surface area (Å²) in [6, 6.07) is 14.9. The van der Waals surface area contributed by atoms with Gasteiger partial charge in [0.05, 0.1) is 16.8 Å². The second-order valence-electron chi connectivity index (χ2n) is 6.70. The third-order valence-corrected chi connectivity index (χ3v) is 5.91. The van der Waals surface area contributed by atoms with Gasteiger partial charge in [-0.3, -0.25) is 4.72 Å². The van der Waals surface area contributed by atoms with Crippen LogP contribution in [0, 0.1) is 27.7 Å². The highest BCUT2D eigenvalue weighted by molar-refractivity contribution is 7.92. The number of aromatic nitrogens is 1. The molecule has 5 nitrogen and oxygen atoms in total. The molecule has 0 aliphatic heterocycles. The van der Waals surface area contributed by atoms with Crippen molar-refractivity contribution in [2.24, 2.45) is 0 Å². The maximum Gasteiger partial charge on any atom is 0.262 e. The quantitative estimate of drug-likeness (QED) is 0.662. The molecule has 0 saturated heterocycles. The van der Waals surface area contributed by atoms with Crippen LogP contribution in [0.15, 0.2) is 59.6 Å². The summed E-state index contributed by atoms with van der Waals surface area (Å²) in [7, 11) is -3.66. The van der Waals surface area contributed by atoms with Crippen molar-refractivity contribution in [3.8, 4) is 0 Å². The fourth-order valence-corrected chi connectivity index (χ4v) is 4.25. The number of rotatable bonds is 5. The SMILES string of the molecule is Cc1ccc(C)c(S(=O)(=O)Nc2ccc(Nc3c(C)cccc3C)nc2)c1. The average molecular weight is 382 g/mol. The summed E-state index contributed by atoms with van der Waals surface area (Å²) in [5.74, 6) is 0.655. The Labute approximate surface area is 160 Å². The number of hydrogen-bond acceptors (Lipinski definition) is 4. The molecule has 3 rings (SSSR count). The molecule has 1 aromatic heterocycles. The summed E-state index contributed by atoms with van der Waals surface area (Å²) in [4.78, 5) is 4.61. The van der Waals surface area contributed by atoms with Crippen molar-refractivity contribution in [2.75, 3.05) is 10.0 Å². The normalized spacial score (nSPS) is 11.3. The molecule has 0 bridgehead atoms. The minimum atomic E-state index is -3.66. The summed E-state index contributed by atoms with van der Waals surface area (Å²) in [5, 5.41) is 3.29. The van der Waals surface area contributed by atoms with Gasteiger partial charge in [-0.05, 0) is 68.1 Å². The fraction of sp³-hybridized carbons (Fsp3) is 0.190. The number of aryl methyl sites for hydroxylation is 4. The zero-order valence-corrected chi connectivity index (χ0v) is 16.7. The molecule has 0 saturated carbocycles. The van der Waals surface area contributed by atoms with Crippen molar-refractivity contribution in [3.63, 3.8) is 0 Å². The fourth-order valence-electron chi connectivity index (χ4n) is 2.87. The molecule has 1 heterocycles. The van der Waals surface area contributed by atoms with Gasteiger partial charge in [-0.15, -0.1) is 0 Å². The Hall–Kier alpha value is -2.86. The molecule has 0 fully saturated rings. The Morgan fingerprint density at radius 1 is 0.852 bits per heavy atom. The van der Waals surface area contributed by atoms with Crippen LogP contribution in [-0.4, -0.2) is 13.4 Å². The van der Waals surface area contributed by atoms with Crippen molar-refractivity contribution in [1.29, 1.82) is 0 Å². The molecular formula is C21H23N3O2S. The van der Waals surface area contributed by atoms with Crippen molar-refractivity contribution in [3.05, 3.63) is 77.0 Å². The summed E-state index contributed by atoms with van der Waals surface area (Å²) in [6.07, 6.45) is 1.51. The van der Waals surface area contributed by atoms with E-state index < -0.39 is 10.0 Å². The molecular weight excluding hydrogens is 358 g/mol. The first-order valence-corrected chi connectivity index (χ1v) is 10.1. The molecule has 2 aromatic carbocycles. The lowest BCUT2D eigenvalue weighted by atomic mass is 10.1. The van der Waals surface area contributed by atoms with Crippen LogP contribution in [-0.2, 0) is 10.0 Å². The highest BCUT2D eigenvalue weighted by Gasteiger charge is 2.17. The van der Waals surface area contributed by atoms with E-state index in [9.17, 15) is 8.42 Å². The first-order chi connectivity index (χ1) is 12.8. The molecule has 0 amide bonds. The highest BCUT2D eigenvalue weighted by Crippen LogP contribution is 2.25. The summed E-state index contributed by atoms with van der Waals surface area (Å²) in [5.41, 5.74) is 5.27. The number of para-hydroxylation sites is 1. The third-order valence-electron chi connectivity index (χ3n) is 4.38. The third kappa shape index (κ3) is 4.28. The Morgan fingerprint density at radius 2 is 1.56 bits per heavy atom. The van der Waals surface area contributed by atoms with Crippen molar-refractivity contribution >= 4 is 27.2 Å². The number of nitrogens with one attached hydrogen (secondary N) is 2. The molecule has 0 atom stereocenters. The van der Waals surface area contributed by atoms with Gasteiger partial charge in [0.1, 0.15) is 5.82 Å². The van der Waals surface area contributed by atoms with Crippen molar-refractivity contribution in [2.45, 2.75) is 32.6 Å². The first-order valence-electron chi connectivity index (χ1n) is 8.65. The Kier molecular flexibility index (Phi) is 5.19. The van der Waals surface area contributed by atoms with E-state index >= 15 is 0 Å². The van der Waals surface area contributed by atoms with E-state index in [1.54, 1.807) is 31.2 Å². The monoisotopic (exact) mass is 381 g/mol. The zero-order chi connectivity index (χ0) is 19.6. The molecule has 0 spiro atoms. The standard InChI is InChI=1S/C21H23N3O2S/c1-14-8-9-15(2)19(12-14)27(25,26)24-18-10-11-20(22-13-18)23-21-16(3)6-5-7-17(21)4/h5-13,24H,1-4H3,(H,22,23). The lowest BCUT2D eigenvalue weighted by molar-refractivity contribution is 0.600. The van der Waals surface area contributed by atoms with Gasteiger partial charge >= 0.3 is 0 Å². The van der Waals surface area contributed by atoms with Gasteiger partial charge in [-0.25, -0.2) is 13.4 Å². The van der Waals surface area contributed by atoms with E-state index in [1.165, 1.54) is 6.20 Å². The van der Waals surface area contributed by atoms with Crippen molar-refractivity contribution in [1.82, 2.24) is 4.98 Å². The van der Waals surface area contributed by atoms with E-state index in [0.29, 0.717) is 17.1 Å². The molecule has 140 valence electrons. The number of pyridine rings is 1. The Balaban J connectivity index is 1.81. The van der Waals surface area contributed by atoms with Gasteiger partial charge in [0.25, 0.3) is 10.0 Å². The minimum absolute atomic E-state index is 0.278. The number of nitrogens with zero attached hydrogens (tertiary/aromatic N) is 1. The predicted octanol–water partition coefficient (Wildman–Crippen LogP) is 4.86. The molecule has 0 aliphatic rings. The Bertz CT molecular complexity index is 1050. The predicted molar refractivity (Wildman–Crippen MR) is 110 cm³/mol. The van der Waals surface area contributed by atoms with Gasteiger partial charge in [-0.1, -0.05) is 30.3 Å². The van der Waals surface area contributed by atoms with E-state index in [0.717, 1.165) is 22.4 Å². The Morgan fingerprint density at radius 3 is 2.19 bits per heavy atom. The zero-order valence-electron chi connectivity index (χ0n) is 15.9. The molecule has 3 aromatic rings. The average Bonchev–Trinajstić information content (AvgIpc) is 2.61. The number of anilines is 3. The van der Waals surface area contributed by atoms with Crippen LogP contribution in [0.25, 0.3) is 0 Å². The van der Waals surface area contributed by atoms with E-state index in [2.05, 4.69) is 15.0 Å². The van der Waals surface area contributed by atoms with E-state index in [-0.39, 0.29) is 4.90 Å². The second kappa shape index (κ2) is 7.40. The van der Waals surface area contributed by atoms with Gasteiger partial charge in [0, 0.05) is 5.69 Å². The minimum Gasteiger partial charge on any atom is -0.340 e. The van der Waals surface area contributed by atoms with Crippen LogP contribution in [0.4, 0.5) is 17.2 Å². The van der Waals surface area contributed by atoms with Crippen LogP contribution in [0.3, 0.4) is 0 Å². The van der Waals surface area contributed by atoms with Crippen LogP contribution in [0.1, 0.15) is 22.3 Å². The van der Waals surface area contributed by atoms with E-state index in [4.69, 9.17) is 0 Å². The smallest absolute Gasteiger partial charge is 0.262 e. The van der Waals surface area contributed by atoms with Crippen LogP contribution in [0.5, 0.6) is 0 Å². The molecule has 2 N–H and O–H groups in total. The summed E-state index contributed by atoms with van der Waals surface area (Å²) >= 11 is 0. The highest BCUT2D eigenvalue weighted by atomic mass is 32.2. The van der Waals surface area contributed by atoms with Crippen LogP contribution in [0.2, 0.25) is 0 Å². The molecule has 0 unspecified atom stereocenters. The second-order valence-corrected chi connectivity index (χ2v) is 8.35. The maximum atomic E-state index is 12.7. The number of sulfonamides is 1. The molecule has 6 heteroatoms. The van der Waals surface area contributed by atoms with Gasteiger partial charge < -0.3 is 5.32 Å². The lowest BCUT2D eigenvalue weighted by Crippen LogP contribution is -2.14. The molecule has 27 heavy (non-hydrogen) atoms. The van der Waals surface area contributed by atoms with Crippen LogP contribution < -0.4 is 10.0 Å². The van der Waals surface area contributed by atoms with Gasteiger partial charge in [-0.2, -0.15) is 0 Å². The number of benzene rings is 2.